The molecular weight excluding hydrogens is 496 g/mol. The standard InChI is InChI=1S/C24H27F2N3O4S2/c1-34-9-8-33-23-14-27-22(13-28-23)29-24(30)19(10-15-11-20(25)21(26)12-15)16-2-4-17(5-3-16)35(31,32)18-6-7-18/h2-5,10,13-15,18,20-21H,6-9,11-12H2,1H3,(H,27,29,30)/b19-10+/t15-,20+,21-. The van der Waals surface area contributed by atoms with E-state index in [1.165, 1.54) is 24.5 Å². The Labute approximate surface area is 207 Å². The fourth-order valence-corrected chi connectivity index (χ4v) is 5.82. The van der Waals surface area contributed by atoms with Gasteiger partial charge in [-0.2, -0.15) is 11.8 Å². The number of hydrogen-bond donors (Lipinski definition) is 1. The van der Waals surface area contributed by atoms with Gasteiger partial charge in [0.25, 0.3) is 5.91 Å². The van der Waals surface area contributed by atoms with Crippen molar-refractivity contribution in [2.24, 2.45) is 5.92 Å². The maximum Gasteiger partial charge on any atom is 0.257 e. The molecule has 2 aromatic rings. The number of anilines is 1. The maximum atomic E-state index is 13.8. The first-order valence-corrected chi connectivity index (χ1v) is 14.3. The molecule has 0 radical (unpaired) electrons. The summed E-state index contributed by atoms with van der Waals surface area (Å²) < 4.78 is 58.0. The van der Waals surface area contributed by atoms with Crippen LogP contribution in [-0.2, 0) is 14.6 Å². The van der Waals surface area contributed by atoms with Crippen LogP contribution in [0.1, 0.15) is 31.2 Å². The van der Waals surface area contributed by atoms with Crippen LogP contribution in [-0.4, -0.2) is 60.5 Å². The lowest BCUT2D eigenvalue weighted by Crippen LogP contribution is -2.16. The minimum Gasteiger partial charge on any atom is -0.476 e. The second-order valence-electron chi connectivity index (χ2n) is 8.65. The average Bonchev–Trinajstić information content (AvgIpc) is 3.65. The van der Waals surface area contributed by atoms with Gasteiger partial charge in [0.15, 0.2) is 15.7 Å². The molecule has 4 rings (SSSR count). The summed E-state index contributed by atoms with van der Waals surface area (Å²) in [5, 5.41) is 2.31. The van der Waals surface area contributed by atoms with Gasteiger partial charge >= 0.3 is 0 Å². The minimum atomic E-state index is -3.38. The molecule has 1 aromatic carbocycles. The third kappa shape index (κ3) is 6.38. The number of aromatic nitrogens is 2. The summed E-state index contributed by atoms with van der Waals surface area (Å²) >= 11 is 1.64. The molecule has 1 heterocycles. The van der Waals surface area contributed by atoms with Crippen LogP contribution in [0.15, 0.2) is 47.6 Å². The molecule has 11 heteroatoms. The predicted octanol–water partition coefficient (Wildman–Crippen LogP) is 4.26. The van der Waals surface area contributed by atoms with Crippen LogP contribution in [0.3, 0.4) is 0 Å². The number of carbonyl (C=O) groups is 1. The number of allylic oxidation sites excluding steroid dienone is 1. The zero-order valence-corrected chi connectivity index (χ0v) is 20.8. The number of nitrogens with zero attached hydrogens (tertiary/aromatic N) is 2. The first kappa shape index (κ1) is 25.6. The molecular formula is C24H27F2N3O4S2. The van der Waals surface area contributed by atoms with Crippen LogP contribution in [0.25, 0.3) is 5.57 Å². The average molecular weight is 524 g/mol. The van der Waals surface area contributed by atoms with Gasteiger partial charge in [-0.1, -0.05) is 18.2 Å². The lowest BCUT2D eigenvalue weighted by molar-refractivity contribution is -0.111. The van der Waals surface area contributed by atoms with Crippen molar-refractivity contribution < 1.29 is 26.7 Å². The molecule has 1 amide bonds. The van der Waals surface area contributed by atoms with Crippen LogP contribution in [0.2, 0.25) is 0 Å². The molecule has 3 atom stereocenters. The van der Waals surface area contributed by atoms with E-state index in [4.69, 9.17) is 4.74 Å². The van der Waals surface area contributed by atoms with E-state index in [-0.39, 0.29) is 34.4 Å². The Morgan fingerprint density at radius 1 is 1.14 bits per heavy atom. The first-order chi connectivity index (χ1) is 16.8. The second-order valence-corrected chi connectivity index (χ2v) is 11.9. The van der Waals surface area contributed by atoms with Gasteiger partial charge in [-0.05, 0) is 55.6 Å². The number of sulfone groups is 1. The van der Waals surface area contributed by atoms with E-state index in [2.05, 4.69) is 15.3 Å². The van der Waals surface area contributed by atoms with Gasteiger partial charge in [0.05, 0.1) is 29.1 Å². The van der Waals surface area contributed by atoms with E-state index in [1.807, 2.05) is 6.26 Å². The van der Waals surface area contributed by atoms with E-state index in [9.17, 15) is 22.0 Å². The summed E-state index contributed by atoms with van der Waals surface area (Å²) in [6, 6.07) is 6.03. The molecule has 1 N–H and O–H groups in total. The van der Waals surface area contributed by atoms with Gasteiger partial charge in [0, 0.05) is 11.3 Å². The highest BCUT2D eigenvalue weighted by atomic mass is 32.2. The topological polar surface area (TPSA) is 98.2 Å². The molecule has 188 valence electrons. The number of alkyl halides is 2. The van der Waals surface area contributed by atoms with E-state index in [0.29, 0.717) is 30.9 Å². The SMILES string of the molecule is CSCCOc1cnc(NC(=O)/C(=C/[C@H]2C[C@@H](F)[C@@H](F)C2)c2ccc(S(=O)(=O)C3CC3)cc2)cn1. The molecule has 0 bridgehead atoms. The fourth-order valence-electron chi connectivity index (χ4n) is 3.91. The molecule has 0 spiro atoms. The quantitative estimate of drug-likeness (QED) is 0.367. The third-order valence-electron chi connectivity index (χ3n) is 5.96. The lowest BCUT2D eigenvalue weighted by atomic mass is 9.98. The van der Waals surface area contributed by atoms with Crippen molar-refractivity contribution in [3.8, 4) is 5.88 Å². The van der Waals surface area contributed by atoms with Gasteiger partial charge < -0.3 is 10.1 Å². The Morgan fingerprint density at radius 2 is 1.83 bits per heavy atom. The van der Waals surface area contributed by atoms with Crippen LogP contribution in [0, 0.1) is 5.92 Å². The highest BCUT2D eigenvalue weighted by Crippen LogP contribution is 2.36. The molecule has 2 fully saturated rings. The molecule has 35 heavy (non-hydrogen) atoms. The minimum absolute atomic E-state index is 0.0199. The second kappa shape index (κ2) is 11.0. The van der Waals surface area contributed by atoms with Crippen molar-refractivity contribution in [2.45, 2.75) is 48.2 Å². The monoisotopic (exact) mass is 523 g/mol. The van der Waals surface area contributed by atoms with E-state index < -0.39 is 34.0 Å². The summed E-state index contributed by atoms with van der Waals surface area (Å²) in [5.41, 5.74) is 0.633. The zero-order valence-electron chi connectivity index (χ0n) is 19.2. The van der Waals surface area contributed by atoms with Crippen LogP contribution < -0.4 is 10.1 Å². The van der Waals surface area contributed by atoms with Gasteiger partial charge in [-0.15, -0.1) is 0 Å². The Balaban J connectivity index is 1.54. The number of ether oxygens (including phenoxy) is 1. The van der Waals surface area contributed by atoms with Crippen LogP contribution in [0.4, 0.5) is 14.6 Å². The van der Waals surface area contributed by atoms with Crippen molar-refractivity contribution in [3.63, 3.8) is 0 Å². The van der Waals surface area contributed by atoms with E-state index in [1.54, 1.807) is 30.0 Å². The summed E-state index contributed by atoms with van der Waals surface area (Å²) in [7, 11) is -3.38. The van der Waals surface area contributed by atoms with Crippen molar-refractivity contribution >= 4 is 38.9 Å². The molecule has 0 unspecified atom stereocenters. The summed E-state index contributed by atoms with van der Waals surface area (Å²) in [4.78, 5) is 21.6. The number of rotatable bonds is 10. The summed E-state index contributed by atoms with van der Waals surface area (Å²) in [6.45, 7) is 0.480. The van der Waals surface area contributed by atoms with E-state index >= 15 is 0 Å². The summed E-state index contributed by atoms with van der Waals surface area (Å²) in [5.74, 6) is 0.314. The Kier molecular flexibility index (Phi) is 8.05. The highest BCUT2D eigenvalue weighted by molar-refractivity contribution is 7.98. The normalized spacial score (nSPS) is 22.7. The van der Waals surface area contributed by atoms with Gasteiger partial charge in [0.2, 0.25) is 5.88 Å². The molecule has 2 aliphatic rings. The molecule has 2 aliphatic carbocycles. The van der Waals surface area contributed by atoms with Crippen molar-refractivity contribution in [3.05, 3.63) is 48.3 Å². The van der Waals surface area contributed by atoms with E-state index in [0.717, 1.165) is 5.75 Å². The van der Waals surface area contributed by atoms with Crippen molar-refractivity contribution in [1.82, 2.24) is 9.97 Å². The number of thioether (sulfide) groups is 1. The highest BCUT2D eigenvalue weighted by Gasteiger charge is 2.37. The molecule has 0 saturated heterocycles. The number of carbonyl (C=O) groups excluding carboxylic acids is 1. The number of nitrogens with one attached hydrogen (secondary N) is 1. The van der Waals surface area contributed by atoms with Crippen molar-refractivity contribution in [2.75, 3.05) is 23.9 Å². The fraction of sp³-hybridized carbons (Fsp3) is 0.458. The number of amides is 1. The summed E-state index contributed by atoms with van der Waals surface area (Å²) in [6.07, 6.45) is 4.39. The zero-order chi connectivity index (χ0) is 25.0. The Morgan fingerprint density at radius 3 is 2.40 bits per heavy atom. The lowest BCUT2D eigenvalue weighted by Gasteiger charge is -2.13. The maximum absolute atomic E-state index is 13.8. The largest absolute Gasteiger partial charge is 0.476 e. The molecule has 0 aliphatic heterocycles. The van der Waals surface area contributed by atoms with Gasteiger partial charge in [-0.3, -0.25) is 4.79 Å². The van der Waals surface area contributed by atoms with Crippen LogP contribution in [0.5, 0.6) is 5.88 Å². The number of benzene rings is 1. The van der Waals surface area contributed by atoms with Gasteiger partial charge in [0.1, 0.15) is 12.3 Å². The first-order valence-electron chi connectivity index (χ1n) is 11.4. The Hall–Kier alpha value is -2.53. The third-order valence-corrected chi connectivity index (χ3v) is 8.81. The van der Waals surface area contributed by atoms with Crippen molar-refractivity contribution in [1.29, 1.82) is 0 Å². The molecule has 7 nitrogen and oxygen atoms in total. The smallest absolute Gasteiger partial charge is 0.257 e. The predicted molar refractivity (Wildman–Crippen MR) is 132 cm³/mol. The number of hydrogen-bond acceptors (Lipinski definition) is 7. The number of halogens is 2. The molecule has 1 aromatic heterocycles. The van der Waals surface area contributed by atoms with Gasteiger partial charge in [-0.25, -0.2) is 27.2 Å². The molecule has 2 saturated carbocycles. The van der Waals surface area contributed by atoms with Crippen LogP contribution >= 0.6 is 11.8 Å². The Bertz CT molecular complexity index is 1160.